The van der Waals surface area contributed by atoms with Gasteiger partial charge in [0, 0.05) is 0 Å². The highest BCUT2D eigenvalue weighted by atomic mass is 19.4. The minimum Gasteiger partial charge on any atom is -0.481 e. The number of alkyl halides is 3. The molecule has 0 spiro atoms. The second kappa shape index (κ2) is 4.55. The van der Waals surface area contributed by atoms with Crippen LogP contribution in [0, 0.1) is 0 Å². The van der Waals surface area contributed by atoms with Crippen molar-refractivity contribution in [2.24, 2.45) is 0 Å². The molecule has 88 valence electrons. The molecule has 0 aliphatic heterocycles. The third-order valence-electron chi connectivity index (χ3n) is 2.23. The van der Waals surface area contributed by atoms with Crippen LogP contribution in [0.25, 0.3) is 0 Å². The van der Waals surface area contributed by atoms with Crippen molar-refractivity contribution in [3.63, 3.8) is 0 Å². The molecule has 0 saturated heterocycles. The Balaban J connectivity index is 2.91. The van der Waals surface area contributed by atoms with Gasteiger partial charge in [-0.15, -0.1) is 0 Å². The monoisotopic (exact) mass is 232 g/mol. The van der Waals surface area contributed by atoms with E-state index >= 15 is 0 Å². The number of aliphatic carboxylic acids is 1. The highest BCUT2D eigenvalue weighted by Crippen LogP contribution is 2.23. The Labute approximate surface area is 90.7 Å². The first-order valence-electron chi connectivity index (χ1n) is 4.68. The molecule has 16 heavy (non-hydrogen) atoms. The summed E-state index contributed by atoms with van der Waals surface area (Å²) in [6.07, 6.45) is -5.31. The molecule has 1 aromatic rings. The number of benzene rings is 1. The molecule has 5 heteroatoms. The van der Waals surface area contributed by atoms with Gasteiger partial charge in [0.25, 0.3) is 0 Å². The maximum atomic E-state index is 12.1. The average molecular weight is 232 g/mol. The molecule has 0 aliphatic rings. The second-order valence-electron chi connectivity index (χ2n) is 3.60. The average Bonchev–Trinajstić information content (AvgIpc) is 2.14. The summed E-state index contributed by atoms with van der Waals surface area (Å²) < 4.78 is 36.3. The van der Waals surface area contributed by atoms with Crippen molar-refractivity contribution >= 4 is 5.97 Å². The Morgan fingerprint density at radius 1 is 1.44 bits per heavy atom. The third kappa shape index (κ3) is 3.56. The maximum absolute atomic E-state index is 12.1. The van der Waals surface area contributed by atoms with Crippen LogP contribution < -0.4 is 0 Å². The lowest BCUT2D eigenvalue weighted by Crippen LogP contribution is -2.12. The Bertz CT molecular complexity index is 385. The van der Waals surface area contributed by atoms with Crippen molar-refractivity contribution in [2.45, 2.75) is 25.4 Å². The lowest BCUT2D eigenvalue weighted by Gasteiger charge is -2.10. The lowest BCUT2D eigenvalue weighted by molar-refractivity contribution is -0.138. The summed E-state index contributed by atoms with van der Waals surface area (Å²) >= 11 is 0. The molecule has 0 aromatic heterocycles. The van der Waals surface area contributed by atoms with Gasteiger partial charge in [-0.2, -0.15) is 13.2 Å². The first-order chi connectivity index (χ1) is 7.29. The van der Waals surface area contributed by atoms with Crippen LogP contribution in [0.3, 0.4) is 0 Å². The van der Waals surface area contributed by atoms with E-state index in [1.165, 1.54) is 31.2 Å². The van der Waals surface area contributed by atoms with Gasteiger partial charge in [0.05, 0.1) is 12.3 Å². The standard InChI is InChI=1S/C11H11F3O2/c1-7(10(15)16)9-4-2-3-8(5-9)6-11(12,13)14/h2-5,7H,6H2,1H3,(H,15,16). The van der Waals surface area contributed by atoms with E-state index in [1.807, 2.05) is 0 Å². The van der Waals surface area contributed by atoms with Gasteiger partial charge in [-0.3, -0.25) is 4.79 Å². The summed E-state index contributed by atoms with van der Waals surface area (Å²) in [6, 6.07) is 5.58. The number of carboxylic acids is 1. The van der Waals surface area contributed by atoms with Gasteiger partial charge < -0.3 is 5.11 Å². The van der Waals surface area contributed by atoms with Crippen LogP contribution in [0.5, 0.6) is 0 Å². The molecule has 0 heterocycles. The van der Waals surface area contributed by atoms with E-state index in [9.17, 15) is 18.0 Å². The van der Waals surface area contributed by atoms with Crippen molar-refractivity contribution < 1.29 is 23.1 Å². The third-order valence-corrected chi connectivity index (χ3v) is 2.23. The topological polar surface area (TPSA) is 37.3 Å². The maximum Gasteiger partial charge on any atom is 0.393 e. The zero-order valence-corrected chi connectivity index (χ0v) is 8.58. The van der Waals surface area contributed by atoms with Gasteiger partial charge in [-0.25, -0.2) is 0 Å². The van der Waals surface area contributed by atoms with E-state index in [0.29, 0.717) is 5.56 Å². The summed E-state index contributed by atoms with van der Waals surface area (Å²) in [6.45, 7) is 1.44. The Hall–Kier alpha value is -1.52. The van der Waals surface area contributed by atoms with Crippen molar-refractivity contribution in [3.8, 4) is 0 Å². The molecule has 0 bridgehead atoms. The molecule has 2 nitrogen and oxygen atoms in total. The molecule has 0 radical (unpaired) electrons. The summed E-state index contributed by atoms with van der Waals surface area (Å²) in [5.41, 5.74) is 0.465. The fourth-order valence-corrected chi connectivity index (χ4v) is 1.35. The van der Waals surface area contributed by atoms with Crippen LogP contribution >= 0.6 is 0 Å². The predicted molar refractivity (Wildman–Crippen MR) is 52.3 cm³/mol. The quantitative estimate of drug-likeness (QED) is 0.869. The summed E-state index contributed by atoms with van der Waals surface area (Å²) in [7, 11) is 0. The molecule has 1 aromatic carbocycles. The minimum absolute atomic E-state index is 0.0816. The van der Waals surface area contributed by atoms with Gasteiger partial charge in [0.2, 0.25) is 0 Å². The van der Waals surface area contributed by atoms with E-state index < -0.39 is 24.5 Å². The first-order valence-corrected chi connectivity index (χ1v) is 4.68. The van der Waals surface area contributed by atoms with E-state index in [0.717, 1.165) is 0 Å². The Morgan fingerprint density at radius 2 is 2.06 bits per heavy atom. The molecule has 1 rings (SSSR count). The van der Waals surface area contributed by atoms with E-state index in [-0.39, 0.29) is 5.56 Å². The van der Waals surface area contributed by atoms with Gasteiger partial charge in [-0.1, -0.05) is 24.3 Å². The Kier molecular flexibility index (Phi) is 3.57. The molecule has 1 atom stereocenters. The normalized spacial score (nSPS) is 13.5. The highest BCUT2D eigenvalue weighted by molar-refractivity contribution is 5.75. The van der Waals surface area contributed by atoms with E-state index in [1.54, 1.807) is 0 Å². The number of rotatable bonds is 3. The molecule has 0 aliphatic carbocycles. The van der Waals surface area contributed by atoms with Gasteiger partial charge in [0.15, 0.2) is 0 Å². The van der Waals surface area contributed by atoms with Gasteiger partial charge >= 0.3 is 12.1 Å². The van der Waals surface area contributed by atoms with Crippen LogP contribution in [0.15, 0.2) is 24.3 Å². The predicted octanol–water partition coefficient (Wildman–Crippen LogP) is 2.98. The van der Waals surface area contributed by atoms with Crippen LogP contribution in [-0.4, -0.2) is 17.3 Å². The molecule has 0 fully saturated rings. The minimum atomic E-state index is -4.27. The van der Waals surface area contributed by atoms with Crippen molar-refractivity contribution in [1.29, 1.82) is 0 Å². The highest BCUT2D eigenvalue weighted by Gasteiger charge is 2.27. The molecule has 0 saturated carbocycles. The van der Waals surface area contributed by atoms with Gasteiger partial charge in [-0.05, 0) is 18.1 Å². The molecule has 0 amide bonds. The van der Waals surface area contributed by atoms with Crippen molar-refractivity contribution in [1.82, 2.24) is 0 Å². The van der Waals surface area contributed by atoms with Crippen LogP contribution in [0.2, 0.25) is 0 Å². The summed E-state index contributed by atoms with van der Waals surface area (Å²) in [5.74, 6) is -1.85. The van der Waals surface area contributed by atoms with E-state index in [4.69, 9.17) is 5.11 Å². The fourth-order valence-electron chi connectivity index (χ4n) is 1.35. The SMILES string of the molecule is CC(C(=O)O)c1cccc(CC(F)(F)F)c1. The first kappa shape index (κ1) is 12.5. The molecular formula is C11H11F3O2. The summed E-state index contributed by atoms with van der Waals surface area (Å²) in [4.78, 5) is 10.7. The molecule has 1 unspecified atom stereocenters. The van der Waals surface area contributed by atoms with Crippen molar-refractivity contribution in [3.05, 3.63) is 35.4 Å². The number of halogens is 3. The second-order valence-corrected chi connectivity index (χ2v) is 3.60. The van der Waals surface area contributed by atoms with E-state index in [2.05, 4.69) is 0 Å². The number of carboxylic acid groups (broad SMARTS) is 1. The summed E-state index contributed by atoms with van der Waals surface area (Å²) in [5, 5.41) is 8.74. The zero-order chi connectivity index (χ0) is 12.3. The lowest BCUT2D eigenvalue weighted by atomic mass is 9.98. The van der Waals surface area contributed by atoms with Gasteiger partial charge in [0.1, 0.15) is 0 Å². The number of hydrogen-bond donors (Lipinski definition) is 1. The van der Waals surface area contributed by atoms with Crippen LogP contribution in [0.4, 0.5) is 13.2 Å². The largest absolute Gasteiger partial charge is 0.481 e. The number of hydrogen-bond acceptors (Lipinski definition) is 1. The number of carbonyl (C=O) groups is 1. The smallest absolute Gasteiger partial charge is 0.393 e. The van der Waals surface area contributed by atoms with Crippen LogP contribution in [-0.2, 0) is 11.2 Å². The zero-order valence-electron chi connectivity index (χ0n) is 8.58. The molecule has 1 N–H and O–H groups in total. The van der Waals surface area contributed by atoms with Crippen molar-refractivity contribution in [2.75, 3.05) is 0 Å². The molecular weight excluding hydrogens is 221 g/mol. The van der Waals surface area contributed by atoms with Crippen LogP contribution in [0.1, 0.15) is 24.0 Å². The Morgan fingerprint density at radius 3 is 2.56 bits per heavy atom. The fraction of sp³-hybridized carbons (Fsp3) is 0.364.